The smallest absolute Gasteiger partial charge is 0.254 e. The molecule has 1 aromatic carbocycles. The van der Waals surface area contributed by atoms with E-state index in [1.807, 2.05) is 17.0 Å². The fourth-order valence-electron chi connectivity index (χ4n) is 3.08. The van der Waals surface area contributed by atoms with Gasteiger partial charge in [-0.05, 0) is 42.9 Å². The Morgan fingerprint density at radius 2 is 2.12 bits per heavy atom. The standard InChI is InChI=1S/C19H30N2O3/c1-13(2)12-24-17-6-5-15(10-18(17)23-4)19(22)21-8-7-14(3)9-16(21)11-20/h5-6,10,13-14,16H,7-9,11-12,20H2,1-4H3. The summed E-state index contributed by atoms with van der Waals surface area (Å²) < 4.78 is 11.2. The summed E-state index contributed by atoms with van der Waals surface area (Å²) in [4.78, 5) is 14.8. The Labute approximate surface area is 145 Å². The largest absolute Gasteiger partial charge is 0.493 e. The van der Waals surface area contributed by atoms with E-state index >= 15 is 0 Å². The van der Waals surface area contributed by atoms with Crippen LogP contribution in [0.5, 0.6) is 11.5 Å². The van der Waals surface area contributed by atoms with E-state index in [1.165, 1.54) is 0 Å². The number of piperidine rings is 1. The molecule has 5 heteroatoms. The number of amides is 1. The molecule has 1 aliphatic heterocycles. The predicted octanol–water partition coefficient (Wildman–Crippen LogP) is 2.93. The molecule has 134 valence electrons. The van der Waals surface area contributed by atoms with Crippen molar-refractivity contribution in [3.63, 3.8) is 0 Å². The minimum Gasteiger partial charge on any atom is -0.493 e. The van der Waals surface area contributed by atoms with Crippen LogP contribution in [0.3, 0.4) is 0 Å². The van der Waals surface area contributed by atoms with Crippen LogP contribution in [0, 0.1) is 11.8 Å². The summed E-state index contributed by atoms with van der Waals surface area (Å²) >= 11 is 0. The number of likely N-dealkylation sites (tertiary alicyclic amines) is 1. The van der Waals surface area contributed by atoms with E-state index in [1.54, 1.807) is 13.2 Å². The summed E-state index contributed by atoms with van der Waals surface area (Å²) in [5, 5.41) is 0. The molecular weight excluding hydrogens is 304 g/mol. The zero-order valence-electron chi connectivity index (χ0n) is 15.2. The lowest BCUT2D eigenvalue weighted by Crippen LogP contribution is -2.49. The van der Waals surface area contributed by atoms with Crippen LogP contribution in [0.25, 0.3) is 0 Å². The number of hydrogen-bond donors (Lipinski definition) is 1. The minimum atomic E-state index is 0.0195. The second-order valence-electron chi connectivity index (χ2n) is 7.09. The van der Waals surface area contributed by atoms with Crippen molar-refractivity contribution in [2.24, 2.45) is 17.6 Å². The minimum absolute atomic E-state index is 0.0195. The van der Waals surface area contributed by atoms with Crippen LogP contribution in [-0.4, -0.2) is 43.7 Å². The number of nitrogens with zero attached hydrogens (tertiary/aromatic N) is 1. The average Bonchev–Trinajstić information content (AvgIpc) is 2.58. The monoisotopic (exact) mass is 334 g/mol. The fraction of sp³-hybridized carbons (Fsp3) is 0.632. The topological polar surface area (TPSA) is 64.8 Å². The van der Waals surface area contributed by atoms with Crippen LogP contribution < -0.4 is 15.2 Å². The Kier molecular flexibility index (Phi) is 6.49. The summed E-state index contributed by atoms with van der Waals surface area (Å²) in [6, 6.07) is 5.51. The number of hydrogen-bond acceptors (Lipinski definition) is 4. The quantitative estimate of drug-likeness (QED) is 0.869. The van der Waals surface area contributed by atoms with Gasteiger partial charge in [0.1, 0.15) is 0 Å². The summed E-state index contributed by atoms with van der Waals surface area (Å²) in [7, 11) is 1.59. The summed E-state index contributed by atoms with van der Waals surface area (Å²) in [6.45, 7) is 8.28. The highest BCUT2D eigenvalue weighted by Gasteiger charge is 2.29. The summed E-state index contributed by atoms with van der Waals surface area (Å²) in [5.74, 6) is 2.33. The van der Waals surface area contributed by atoms with Crippen LogP contribution in [0.2, 0.25) is 0 Å². The van der Waals surface area contributed by atoms with Crippen molar-refractivity contribution in [1.82, 2.24) is 4.90 Å². The third-order valence-electron chi connectivity index (χ3n) is 4.49. The molecule has 0 aliphatic carbocycles. The Bertz CT molecular complexity index is 560. The maximum Gasteiger partial charge on any atom is 0.254 e. The second kappa shape index (κ2) is 8.38. The number of methoxy groups -OCH3 is 1. The van der Waals surface area contributed by atoms with Gasteiger partial charge in [0.2, 0.25) is 0 Å². The molecule has 0 aromatic heterocycles. The number of ether oxygens (including phenoxy) is 2. The number of carbonyl (C=O) groups is 1. The van der Waals surface area contributed by atoms with E-state index in [4.69, 9.17) is 15.2 Å². The molecule has 0 bridgehead atoms. The van der Waals surface area contributed by atoms with E-state index in [2.05, 4.69) is 20.8 Å². The van der Waals surface area contributed by atoms with Gasteiger partial charge in [0.25, 0.3) is 5.91 Å². The van der Waals surface area contributed by atoms with E-state index in [-0.39, 0.29) is 11.9 Å². The highest BCUT2D eigenvalue weighted by Crippen LogP contribution is 2.30. The molecule has 2 rings (SSSR count). The molecule has 1 heterocycles. The lowest BCUT2D eigenvalue weighted by molar-refractivity contribution is 0.0573. The zero-order valence-corrected chi connectivity index (χ0v) is 15.2. The van der Waals surface area contributed by atoms with Crippen LogP contribution in [0.1, 0.15) is 44.0 Å². The molecule has 1 aliphatic rings. The van der Waals surface area contributed by atoms with Gasteiger partial charge < -0.3 is 20.1 Å². The van der Waals surface area contributed by atoms with E-state index in [0.717, 1.165) is 19.4 Å². The maximum absolute atomic E-state index is 12.9. The molecule has 2 atom stereocenters. The van der Waals surface area contributed by atoms with E-state index < -0.39 is 0 Å². The average molecular weight is 334 g/mol. The lowest BCUT2D eigenvalue weighted by atomic mass is 9.92. The first-order valence-corrected chi connectivity index (χ1v) is 8.78. The van der Waals surface area contributed by atoms with Gasteiger partial charge in [0.15, 0.2) is 11.5 Å². The predicted molar refractivity (Wildman–Crippen MR) is 95.6 cm³/mol. The van der Waals surface area contributed by atoms with Crippen molar-refractivity contribution in [3.05, 3.63) is 23.8 Å². The molecular formula is C19H30N2O3. The normalized spacial score (nSPS) is 21.0. The highest BCUT2D eigenvalue weighted by molar-refractivity contribution is 5.95. The Morgan fingerprint density at radius 1 is 1.38 bits per heavy atom. The molecule has 1 fully saturated rings. The first-order chi connectivity index (χ1) is 11.5. The van der Waals surface area contributed by atoms with E-state index in [0.29, 0.717) is 42.0 Å². The summed E-state index contributed by atoms with van der Waals surface area (Å²) in [6.07, 6.45) is 1.99. The Balaban J connectivity index is 2.17. The third kappa shape index (κ3) is 4.41. The summed E-state index contributed by atoms with van der Waals surface area (Å²) in [5.41, 5.74) is 6.50. The number of benzene rings is 1. The van der Waals surface area contributed by atoms with Crippen LogP contribution >= 0.6 is 0 Å². The van der Waals surface area contributed by atoms with Gasteiger partial charge in [-0.2, -0.15) is 0 Å². The maximum atomic E-state index is 12.9. The van der Waals surface area contributed by atoms with Gasteiger partial charge in [-0.15, -0.1) is 0 Å². The van der Waals surface area contributed by atoms with Crippen LogP contribution in [0.15, 0.2) is 18.2 Å². The van der Waals surface area contributed by atoms with Crippen molar-refractivity contribution in [1.29, 1.82) is 0 Å². The van der Waals surface area contributed by atoms with Crippen molar-refractivity contribution in [3.8, 4) is 11.5 Å². The van der Waals surface area contributed by atoms with Gasteiger partial charge in [0.05, 0.1) is 13.7 Å². The molecule has 1 aromatic rings. The zero-order chi connectivity index (χ0) is 17.7. The van der Waals surface area contributed by atoms with Crippen molar-refractivity contribution < 1.29 is 14.3 Å². The number of nitrogens with two attached hydrogens (primary N) is 1. The van der Waals surface area contributed by atoms with E-state index in [9.17, 15) is 4.79 Å². The Hall–Kier alpha value is -1.75. The molecule has 24 heavy (non-hydrogen) atoms. The lowest BCUT2D eigenvalue weighted by Gasteiger charge is -2.38. The van der Waals surface area contributed by atoms with Gasteiger partial charge in [-0.1, -0.05) is 20.8 Å². The molecule has 5 nitrogen and oxygen atoms in total. The molecule has 0 spiro atoms. The Morgan fingerprint density at radius 3 is 2.75 bits per heavy atom. The SMILES string of the molecule is COc1cc(C(=O)N2CCC(C)CC2CN)ccc1OCC(C)C. The second-order valence-corrected chi connectivity index (χ2v) is 7.09. The molecule has 2 N–H and O–H groups in total. The van der Waals surface area contributed by atoms with Crippen molar-refractivity contribution >= 4 is 5.91 Å². The van der Waals surface area contributed by atoms with Crippen LogP contribution in [0.4, 0.5) is 0 Å². The number of carbonyl (C=O) groups excluding carboxylic acids is 1. The molecule has 1 saturated heterocycles. The van der Waals surface area contributed by atoms with Crippen molar-refractivity contribution in [2.75, 3.05) is 26.8 Å². The first-order valence-electron chi connectivity index (χ1n) is 8.78. The molecule has 1 amide bonds. The highest BCUT2D eigenvalue weighted by atomic mass is 16.5. The third-order valence-corrected chi connectivity index (χ3v) is 4.49. The number of rotatable bonds is 6. The van der Waals surface area contributed by atoms with Gasteiger partial charge in [0, 0.05) is 24.7 Å². The fourth-order valence-corrected chi connectivity index (χ4v) is 3.08. The molecule has 0 radical (unpaired) electrons. The van der Waals surface area contributed by atoms with Gasteiger partial charge in [-0.3, -0.25) is 4.79 Å². The van der Waals surface area contributed by atoms with Crippen molar-refractivity contribution in [2.45, 2.75) is 39.7 Å². The first kappa shape index (κ1) is 18.6. The molecule has 2 unspecified atom stereocenters. The van der Waals surface area contributed by atoms with Crippen LogP contribution in [-0.2, 0) is 0 Å². The molecule has 0 saturated carbocycles. The van der Waals surface area contributed by atoms with Gasteiger partial charge in [-0.25, -0.2) is 0 Å². The van der Waals surface area contributed by atoms with Gasteiger partial charge >= 0.3 is 0 Å².